The van der Waals surface area contributed by atoms with Gasteiger partial charge >= 0.3 is 0 Å². The van der Waals surface area contributed by atoms with Crippen molar-refractivity contribution in [2.24, 2.45) is 28.9 Å². The van der Waals surface area contributed by atoms with Crippen LogP contribution in [0, 0.1) is 5.92 Å². The highest BCUT2D eigenvalue weighted by atomic mass is 16.7. The van der Waals surface area contributed by atoms with Gasteiger partial charge in [0, 0.05) is 12.6 Å². The summed E-state index contributed by atoms with van der Waals surface area (Å²) < 4.78 is 24.0. The van der Waals surface area contributed by atoms with Crippen LogP contribution in [0.15, 0.2) is 11.8 Å². The van der Waals surface area contributed by atoms with Crippen LogP contribution in [0.1, 0.15) is 39.0 Å². The molecule has 12 atom stereocenters. The summed E-state index contributed by atoms with van der Waals surface area (Å²) in [4.78, 5) is 12.8. The SMILES string of the molecule is CN[C@@H]1[C@@H](O)[C@@H](O[C@@H]2[C@@H](O)[C@H](O[C@H]3OC(CNCC4(O)CC(CN)C4)=CC[C@H]3N)[C@@H](N)C[C@H]2NC(=O)[C@@H](O)CCN)OC[C@]1(C)O. The van der Waals surface area contributed by atoms with Crippen LogP contribution in [0.25, 0.3) is 0 Å². The molecule has 17 nitrogen and oxygen atoms in total. The second kappa shape index (κ2) is 15.8. The number of carbonyl (C=O) groups is 1. The summed E-state index contributed by atoms with van der Waals surface area (Å²) in [5.74, 6) is 0.150. The minimum Gasteiger partial charge on any atom is -0.467 e. The van der Waals surface area contributed by atoms with Gasteiger partial charge in [0.2, 0.25) is 12.2 Å². The molecule has 4 aliphatic rings. The lowest BCUT2D eigenvalue weighted by molar-refractivity contribution is -0.304. The molecule has 16 N–H and O–H groups in total. The van der Waals surface area contributed by atoms with E-state index in [1.165, 1.54) is 6.92 Å². The van der Waals surface area contributed by atoms with Gasteiger partial charge in [0.1, 0.15) is 41.9 Å². The van der Waals surface area contributed by atoms with Crippen molar-refractivity contribution in [1.29, 1.82) is 0 Å². The molecule has 0 spiro atoms. The second-order valence-electron chi connectivity index (χ2n) is 13.5. The molecule has 3 fully saturated rings. The van der Waals surface area contributed by atoms with Gasteiger partial charge in [-0.1, -0.05) is 0 Å². The summed E-state index contributed by atoms with van der Waals surface area (Å²) >= 11 is 0. The van der Waals surface area contributed by atoms with Crippen molar-refractivity contribution in [2.75, 3.05) is 39.8 Å². The monoisotopic (exact) mass is 661 g/mol. The molecule has 0 bridgehead atoms. The number of nitrogens with one attached hydrogen (secondary N) is 3. The minimum atomic E-state index is -1.47. The Labute approximate surface area is 269 Å². The molecule has 0 aromatic carbocycles. The van der Waals surface area contributed by atoms with Gasteiger partial charge in [0.05, 0.1) is 36.9 Å². The summed E-state index contributed by atoms with van der Waals surface area (Å²) in [7, 11) is 1.57. The molecule has 0 unspecified atom stereocenters. The van der Waals surface area contributed by atoms with Crippen molar-refractivity contribution in [3.05, 3.63) is 11.8 Å². The molecule has 1 saturated heterocycles. The van der Waals surface area contributed by atoms with Crippen molar-refractivity contribution in [3.8, 4) is 0 Å². The summed E-state index contributed by atoms with van der Waals surface area (Å²) in [6, 6.07) is -3.18. The van der Waals surface area contributed by atoms with Crippen molar-refractivity contribution in [1.82, 2.24) is 16.0 Å². The Kier molecular flexibility index (Phi) is 12.8. The van der Waals surface area contributed by atoms with Crippen LogP contribution in [-0.4, -0.2) is 150 Å². The maximum absolute atomic E-state index is 12.8. The molecule has 2 aliphatic heterocycles. The number of hydrogen-bond donors (Lipinski definition) is 12. The number of carbonyl (C=O) groups excluding carboxylic acids is 1. The summed E-state index contributed by atoms with van der Waals surface area (Å²) in [5, 5.41) is 62.8. The van der Waals surface area contributed by atoms with E-state index >= 15 is 0 Å². The van der Waals surface area contributed by atoms with Gasteiger partial charge in [-0.3, -0.25) is 4.79 Å². The molecular formula is C29H55N7O10. The standard InChI is InChI=1S/C29H55N7O10/c1-28(41)13-43-27(21(39)24(28)34-2)46-23-18(36-25(40)19(37)5-6-30)7-17(33)22(20(23)38)45-26-16(32)4-3-15(44-26)11-35-12-29(42)8-14(9-29)10-31/h3,14,16-24,26-27,34-35,37-39,41-42H,4-13,30-33H2,1-2H3,(H,36,40)/t14?,16-,17+,18-,19+,20+,21-,22-,23+,24-,26-,27-,28+,29?/m1/s1. The Bertz CT molecular complexity index is 1030. The van der Waals surface area contributed by atoms with Crippen LogP contribution in [-0.2, 0) is 23.7 Å². The van der Waals surface area contributed by atoms with Crippen LogP contribution in [0.2, 0.25) is 0 Å². The maximum atomic E-state index is 12.8. The molecule has 266 valence electrons. The van der Waals surface area contributed by atoms with Crippen molar-refractivity contribution >= 4 is 5.91 Å². The van der Waals surface area contributed by atoms with E-state index in [1.54, 1.807) is 7.05 Å². The fourth-order valence-electron chi connectivity index (χ4n) is 6.83. The van der Waals surface area contributed by atoms with E-state index in [9.17, 15) is 30.3 Å². The van der Waals surface area contributed by atoms with Crippen LogP contribution in [0.4, 0.5) is 0 Å². The van der Waals surface area contributed by atoms with Crippen LogP contribution >= 0.6 is 0 Å². The second-order valence-corrected chi connectivity index (χ2v) is 13.5. The minimum absolute atomic E-state index is 0.0168. The predicted octanol–water partition coefficient (Wildman–Crippen LogP) is -5.25. The molecule has 4 rings (SSSR count). The molecule has 17 heteroatoms. The van der Waals surface area contributed by atoms with Gasteiger partial charge < -0.3 is 83.4 Å². The fourth-order valence-corrected chi connectivity index (χ4v) is 6.83. The molecule has 0 aromatic heterocycles. The Hall–Kier alpha value is -1.55. The number of amides is 1. The van der Waals surface area contributed by atoms with Gasteiger partial charge in [0.15, 0.2) is 6.29 Å². The summed E-state index contributed by atoms with van der Waals surface area (Å²) in [5.41, 5.74) is 21.8. The number of nitrogens with two attached hydrogens (primary N) is 4. The highest BCUT2D eigenvalue weighted by Crippen LogP contribution is 2.36. The zero-order valence-corrected chi connectivity index (χ0v) is 26.7. The Morgan fingerprint density at radius 3 is 2.46 bits per heavy atom. The number of likely N-dealkylation sites (N-methyl/N-ethyl adjacent to an activating group) is 1. The Morgan fingerprint density at radius 2 is 1.80 bits per heavy atom. The van der Waals surface area contributed by atoms with Crippen LogP contribution in [0.5, 0.6) is 0 Å². The van der Waals surface area contributed by atoms with Gasteiger partial charge in [-0.05, 0) is 71.2 Å². The predicted molar refractivity (Wildman–Crippen MR) is 164 cm³/mol. The molecule has 1 amide bonds. The quantitative estimate of drug-likeness (QED) is 0.0828. The van der Waals surface area contributed by atoms with E-state index < -0.39 is 84.4 Å². The first-order chi connectivity index (χ1) is 21.7. The normalized spacial score (nSPS) is 43.6. The number of aliphatic hydroxyl groups excluding tert-OH is 3. The van der Waals surface area contributed by atoms with E-state index in [1.807, 2.05) is 6.08 Å². The molecule has 0 radical (unpaired) electrons. The largest absolute Gasteiger partial charge is 0.467 e. The molecule has 46 heavy (non-hydrogen) atoms. The number of hydrogen-bond acceptors (Lipinski definition) is 16. The molecule has 2 aliphatic carbocycles. The average Bonchev–Trinajstić information content (AvgIpc) is 2.98. The van der Waals surface area contributed by atoms with Gasteiger partial charge in [-0.2, -0.15) is 0 Å². The van der Waals surface area contributed by atoms with Crippen molar-refractivity contribution in [2.45, 2.75) is 117 Å². The van der Waals surface area contributed by atoms with E-state index in [0.717, 1.165) is 0 Å². The third kappa shape index (κ3) is 8.72. The van der Waals surface area contributed by atoms with Crippen LogP contribution in [0.3, 0.4) is 0 Å². The first kappa shape index (κ1) is 37.3. The molecule has 2 saturated carbocycles. The third-order valence-corrected chi connectivity index (χ3v) is 9.47. The highest BCUT2D eigenvalue weighted by molar-refractivity contribution is 5.80. The van der Waals surface area contributed by atoms with E-state index in [-0.39, 0.29) is 26.0 Å². The van der Waals surface area contributed by atoms with E-state index in [2.05, 4.69) is 16.0 Å². The zero-order valence-electron chi connectivity index (χ0n) is 26.7. The topological polar surface area (TPSA) is 295 Å². The van der Waals surface area contributed by atoms with E-state index in [0.29, 0.717) is 50.6 Å². The molecular weight excluding hydrogens is 606 g/mol. The third-order valence-electron chi connectivity index (χ3n) is 9.47. The van der Waals surface area contributed by atoms with Gasteiger partial charge in [-0.15, -0.1) is 0 Å². The van der Waals surface area contributed by atoms with E-state index in [4.69, 9.17) is 41.9 Å². The molecule has 2 heterocycles. The van der Waals surface area contributed by atoms with Crippen LogP contribution < -0.4 is 38.9 Å². The number of rotatable bonds is 14. The average molecular weight is 662 g/mol. The van der Waals surface area contributed by atoms with Crippen molar-refractivity contribution in [3.63, 3.8) is 0 Å². The lowest BCUT2D eigenvalue weighted by Crippen LogP contribution is -2.69. The Balaban J connectivity index is 1.44. The first-order valence-electron chi connectivity index (χ1n) is 16.1. The summed E-state index contributed by atoms with van der Waals surface area (Å²) in [6.07, 6.45) is -5.22. The fraction of sp³-hybridized carbons (Fsp3) is 0.897. The number of aliphatic hydroxyl groups is 5. The zero-order chi connectivity index (χ0) is 33.8. The van der Waals surface area contributed by atoms with Gasteiger partial charge in [-0.25, -0.2) is 0 Å². The number of ether oxygens (including phenoxy) is 4. The Morgan fingerprint density at radius 1 is 1.11 bits per heavy atom. The smallest absolute Gasteiger partial charge is 0.249 e. The van der Waals surface area contributed by atoms with Gasteiger partial charge in [0.25, 0.3) is 0 Å². The summed E-state index contributed by atoms with van der Waals surface area (Å²) in [6.45, 7) is 2.64. The first-order valence-corrected chi connectivity index (χ1v) is 16.1. The van der Waals surface area contributed by atoms with Crippen molar-refractivity contribution < 1.29 is 49.3 Å². The highest BCUT2D eigenvalue weighted by Gasteiger charge is 2.52. The lowest BCUT2D eigenvalue weighted by atomic mass is 9.71. The maximum Gasteiger partial charge on any atom is 0.249 e. The molecule has 0 aromatic rings. The lowest BCUT2D eigenvalue weighted by Gasteiger charge is -2.49.